The molecular weight excluding hydrogens is 206 g/mol. The Bertz CT molecular complexity index is 166. The summed E-state index contributed by atoms with van der Waals surface area (Å²) in [5.74, 6) is 2.32. The van der Waals surface area contributed by atoms with Crippen LogP contribution in [0.25, 0.3) is 0 Å². The molecule has 1 aliphatic rings. The molecule has 15 heavy (non-hydrogen) atoms. The molecule has 0 aromatic carbocycles. The Hall–Kier alpha value is 0.270. The van der Waals surface area contributed by atoms with Crippen LogP contribution in [0.3, 0.4) is 0 Å². The molecule has 0 spiro atoms. The number of hydrogen-bond donors (Lipinski definition) is 1. The van der Waals surface area contributed by atoms with Gasteiger partial charge in [0, 0.05) is 24.1 Å². The van der Waals surface area contributed by atoms with E-state index in [1.54, 1.807) is 0 Å². The Morgan fingerprint density at radius 3 is 2.87 bits per heavy atom. The van der Waals surface area contributed by atoms with Gasteiger partial charge in [0.25, 0.3) is 0 Å². The first-order valence-corrected chi connectivity index (χ1v) is 7.37. The average molecular weight is 231 g/mol. The van der Waals surface area contributed by atoms with Crippen molar-refractivity contribution in [3.05, 3.63) is 0 Å². The normalized spacial score (nSPS) is 25.4. The van der Waals surface area contributed by atoms with E-state index >= 15 is 0 Å². The number of aliphatic hydroxyl groups excluding tert-OH is 1. The van der Waals surface area contributed by atoms with E-state index in [2.05, 4.69) is 18.9 Å². The molecule has 1 rings (SSSR count). The van der Waals surface area contributed by atoms with Gasteiger partial charge >= 0.3 is 0 Å². The summed E-state index contributed by atoms with van der Waals surface area (Å²) in [6, 6.07) is 0.394. The standard InChI is InChI=1S/C12H25NOS/c1-3-4-5-6-7-12(14)11-10-15-9-8-13(11)2/h11-12,14H,3-10H2,1-2H3. The minimum absolute atomic E-state index is 0.111. The molecule has 2 unspecified atom stereocenters. The first kappa shape index (κ1) is 13.3. The molecule has 0 aliphatic carbocycles. The van der Waals surface area contributed by atoms with Crippen LogP contribution < -0.4 is 0 Å². The van der Waals surface area contributed by atoms with Gasteiger partial charge in [0.2, 0.25) is 0 Å². The Morgan fingerprint density at radius 2 is 2.20 bits per heavy atom. The summed E-state index contributed by atoms with van der Waals surface area (Å²) >= 11 is 1.98. The number of nitrogens with zero attached hydrogens (tertiary/aromatic N) is 1. The van der Waals surface area contributed by atoms with Crippen molar-refractivity contribution in [1.29, 1.82) is 0 Å². The number of likely N-dealkylation sites (N-methyl/N-ethyl adjacent to an activating group) is 1. The fourth-order valence-corrected chi connectivity index (χ4v) is 3.39. The molecule has 1 heterocycles. The monoisotopic (exact) mass is 231 g/mol. The Kier molecular flexibility index (Phi) is 6.69. The highest BCUT2D eigenvalue weighted by molar-refractivity contribution is 7.99. The maximum Gasteiger partial charge on any atom is 0.0703 e. The van der Waals surface area contributed by atoms with Gasteiger partial charge in [-0.25, -0.2) is 0 Å². The minimum Gasteiger partial charge on any atom is -0.391 e. The summed E-state index contributed by atoms with van der Waals surface area (Å²) in [5.41, 5.74) is 0. The van der Waals surface area contributed by atoms with Crippen LogP contribution in [0, 0.1) is 0 Å². The van der Waals surface area contributed by atoms with Crippen LogP contribution in [0.5, 0.6) is 0 Å². The Labute approximate surface area is 98.4 Å². The van der Waals surface area contributed by atoms with Gasteiger partial charge in [-0.1, -0.05) is 32.6 Å². The topological polar surface area (TPSA) is 23.5 Å². The van der Waals surface area contributed by atoms with E-state index in [1.165, 1.54) is 31.4 Å². The molecule has 90 valence electrons. The van der Waals surface area contributed by atoms with Crippen LogP contribution in [0.4, 0.5) is 0 Å². The third-order valence-corrected chi connectivity index (χ3v) is 4.29. The van der Waals surface area contributed by atoms with Crippen LogP contribution in [0.2, 0.25) is 0 Å². The van der Waals surface area contributed by atoms with E-state index < -0.39 is 0 Å². The highest BCUT2D eigenvalue weighted by Crippen LogP contribution is 2.20. The number of hydrogen-bond acceptors (Lipinski definition) is 3. The molecule has 2 nitrogen and oxygen atoms in total. The van der Waals surface area contributed by atoms with Crippen LogP contribution in [-0.2, 0) is 0 Å². The molecule has 2 atom stereocenters. The predicted octanol–water partition coefficient (Wildman–Crippen LogP) is 2.36. The van der Waals surface area contributed by atoms with Crippen molar-refractivity contribution >= 4 is 11.8 Å². The highest BCUT2D eigenvalue weighted by atomic mass is 32.2. The molecule has 3 heteroatoms. The van der Waals surface area contributed by atoms with Gasteiger partial charge in [-0.05, 0) is 13.5 Å². The summed E-state index contributed by atoms with van der Waals surface area (Å²) in [5, 5.41) is 10.1. The summed E-state index contributed by atoms with van der Waals surface area (Å²) in [6.07, 6.45) is 5.91. The van der Waals surface area contributed by atoms with Gasteiger partial charge in [0.15, 0.2) is 0 Å². The molecule has 0 amide bonds. The maximum absolute atomic E-state index is 10.1. The Morgan fingerprint density at radius 1 is 1.40 bits per heavy atom. The van der Waals surface area contributed by atoms with Crippen molar-refractivity contribution in [3.63, 3.8) is 0 Å². The molecule has 0 radical (unpaired) electrons. The second-order valence-corrected chi connectivity index (χ2v) is 5.69. The number of aliphatic hydroxyl groups is 1. The third kappa shape index (κ3) is 4.75. The highest BCUT2D eigenvalue weighted by Gasteiger charge is 2.25. The van der Waals surface area contributed by atoms with Gasteiger partial charge in [0.05, 0.1) is 6.10 Å². The lowest BCUT2D eigenvalue weighted by Crippen LogP contribution is -2.46. The van der Waals surface area contributed by atoms with Crippen molar-refractivity contribution in [1.82, 2.24) is 4.90 Å². The first-order valence-electron chi connectivity index (χ1n) is 6.21. The lowest BCUT2D eigenvalue weighted by molar-refractivity contribution is 0.0674. The zero-order chi connectivity index (χ0) is 11.1. The van der Waals surface area contributed by atoms with Crippen molar-refractivity contribution in [2.24, 2.45) is 0 Å². The van der Waals surface area contributed by atoms with Gasteiger partial charge in [-0.15, -0.1) is 0 Å². The summed E-state index contributed by atoms with van der Waals surface area (Å²) in [4.78, 5) is 2.32. The lowest BCUT2D eigenvalue weighted by Gasteiger charge is -2.35. The second kappa shape index (κ2) is 7.53. The van der Waals surface area contributed by atoms with Gasteiger partial charge in [0.1, 0.15) is 0 Å². The summed E-state index contributed by atoms with van der Waals surface area (Å²) in [7, 11) is 2.14. The largest absolute Gasteiger partial charge is 0.391 e. The lowest BCUT2D eigenvalue weighted by atomic mass is 10.0. The number of unbranched alkanes of at least 4 members (excludes halogenated alkanes) is 3. The third-order valence-electron chi connectivity index (χ3n) is 3.24. The van der Waals surface area contributed by atoms with Crippen LogP contribution in [-0.4, -0.2) is 47.3 Å². The van der Waals surface area contributed by atoms with Gasteiger partial charge in [-0.3, -0.25) is 4.90 Å². The summed E-state index contributed by atoms with van der Waals surface area (Å²) in [6.45, 7) is 3.35. The first-order chi connectivity index (χ1) is 7.25. The van der Waals surface area contributed by atoms with Crippen molar-refractivity contribution in [2.75, 3.05) is 25.1 Å². The van der Waals surface area contributed by atoms with Gasteiger partial charge < -0.3 is 5.11 Å². The molecule has 1 fully saturated rings. The van der Waals surface area contributed by atoms with Crippen LogP contribution in [0.15, 0.2) is 0 Å². The number of rotatable bonds is 6. The Balaban J connectivity index is 2.16. The van der Waals surface area contributed by atoms with E-state index in [0.717, 1.165) is 18.7 Å². The van der Waals surface area contributed by atoms with Crippen LogP contribution >= 0.6 is 11.8 Å². The zero-order valence-corrected chi connectivity index (χ0v) is 10.9. The smallest absolute Gasteiger partial charge is 0.0703 e. The maximum atomic E-state index is 10.1. The SMILES string of the molecule is CCCCCCC(O)C1CSCCN1C. The molecule has 1 N–H and O–H groups in total. The number of thioether (sulfide) groups is 1. The molecule has 0 aromatic heterocycles. The fraction of sp³-hybridized carbons (Fsp3) is 1.00. The van der Waals surface area contributed by atoms with E-state index in [4.69, 9.17) is 0 Å². The molecule has 0 aromatic rings. The molecular formula is C12H25NOS. The van der Waals surface area contributed by atoms with Crippen LogP contribution in [0.1, 0.15) is 39.0 Å². The quantitative estimate of drug-likeness (QED) is 0.710. The second-order valence-electron chi connectivity index (χ2n) is 4.54. The van der Waals surface area contributed by atoms with E-state index in [0.29, 0.717) is 6.04 Å². The van der Waals surface area contributed by atoms with Gasteiger partial charge in [-0.2, -0.15) is 11.8 Å². The molecule has 1 saturated heterocycles. The van der Waals surface area contributed by atoms with E-state index in [1.807, 2.05) is 11.8 Å². The molecule has 0 saturated carbocycles. The van der Waals surface area contributed by atoms with Crippen molar-refractivity contribution in [3.8, 4) is 0 Å². The predicted molar refractivity (Wildman–Crippen MR) is 68.5 cm³/mol. The van der Waals surface area contributed by atoms with Crippen molar-refractivity contribution in [2.45, 2.75) is 51.2 Å². The fourth-order valence-electron chi connectivity index (χ4n) is 2.08. The average Bonchev–Trinajstić information content (AvgIpc) is 2.25. The molecule has 1 aliphatic heterocycles. The van der Waals surface area contributed by atoms with E-state index in [9.17, 15) is 5.11 Å². The zero-order valence-electron chi connectivity index (χ0n) is 10.1. The summed E-state index contributed by atoms with van der Waals surface area (Å²) < 4.78 is 0. The molecule has 0 bridgehead atoms. The van der Waals surface area contributed by atoms with Crippen molar-refractivity contribution < 1.29 is 5.11 Å². The van der Waals surface area contributed by atoms with E-state index in [-0.39, 0.29) is 6.10 Å². The minimum atomic E-state index is -0.111.